The summed E-state index contributed by atoms with van der Waals surface area (Å²) in [5.74, 6) is 0. The third-order valence-corrected chi connectivity index (χ3v) is 2.76. The highest BCUT2D eigenvalue weighted by molar-refractivity contribution is 4.80. The van der Waals surface area contributed by atoms with E-state index in [1.54, 1.807) is 0 Å². The first-order valence-electron chi connectivity index (χ1n) is 4.82. The molecule has 1 fully saturated rings. The van der Waals surface area contributed by atoms with Crippen LogP contribution in [0.5, 0.6) is 0 Å². The van der Waals surface area contributed by atoms with Gasteiger partial charge in [0.25, 0.3) is 0 Å². The molecule has 0 aromatic heterocycles. The summed E-state index contributed by atoms with van der Waals surface area (Å²) in [4.78, 5) is 2.45. The lowest BCUT2D eigenvalue weighted by molar-refractivity contribution is 0.180. The molecule has 0 aromatic carbocycles. The van der Waals surface area contributed by atoms with Crippen molar-refractivity contribution < 1.29 is 0 Å². The molecular weight excluding hydrogens is 150 g/mol. The number of rotatable bonds is 3. The van der Waals surface area contributed by atoms with Crippen LogP contribution in [0.1, 0.15) is 13.3 Å². The van der Waals surface area contributed by atoms with Gasteiger partial charge in [0.2, 0.25) is 0 Å². The predicted octanol–water partition coefficient (Wildman–Crippen LogP) is -0.112. The second kappa shape index (κ2) is 4.80. The minimum Gasteiger partial charge on any atom is -0.317 e. The average Bonchev–Trinajstić information content (AvgIpc) is 2.09. The Hall–Kier alpha value is -0.120. The van der Waals surface area contributed by atoms with Gasteiger partial charge >= 0.3 is 0 Å². The minimum atomic E-state index is 0.623. The zero-order valence-electron chi connectivity index (χ0n) is 8.43. The topological polar surface area (TPSA) is 27.3 Å². The third kappa shape index (κ3) is 2.73. The number of hydrogen-bond donors (Lipinski definition) is 2. The smallest absolute Gasteiger partial charge is 0.0232 e. The van der Waals surface area contributed by atoms with Crippen molar-refractivity contribution in [2.75, 3.05) is 33.7 Å². The Morgan fingerprint density at radius 1 is 1.67 bits per heavy atom. The Balaban J connectivity index is 2.28. The minimum absolute atomic E-state index is 0.623. The Morgan fingerprint density at radius 2 is 2.42 bits per heavy atom. The van der Waals surface area contributed by atoms with Crippen LogP contribution in [0.2, 0.25) is 0 Å². The summed E-state index contributed by atoms with van der Waals surface area (Å²) in [6.45, 7) is 5.70. The molecule has 12 heavy (non-hydrogen) atoms. The maximum Gasteiger partial charge on any atom is 0.0232 e. The van der Waals surface area contributed by atoms with E-state index in [0.717, 1.165) is 13.1 Å². The predicted molar refractivity (Wildman–Crippen MR) is 52.4 cm³/mol. The monoisotopic (exact) mass is 171 g/mol. The van der Waals surface area contributed by atoms with Gasteiger partial charge in [0.05, 0.1) is 0 Å². The molecule has 2 N–H and O–H groups in total. The van der Waals surface area contributed by atoms with Crippen LogP contribution >= 0.6 is 0 Å². The molecular formula is C9H21N3. The highest BCUT2D eigenvalue weighted by atomic mass is 15.2. The van der Waals surface area contributed by atoms with E-state index in [2.05, 4.69) is 29.5 Å². The normalized spacial score (nSPS) is 28.8. The van der Waals surface area contributed by atoms with Crippen molar-refractivity contribution in [3.63, 3.8) is 0 Å². The fourth-order valence-electron chi connectivity index (χ4n) is 1.65. The molecule has 0 saturated carbocycles. The van der Waals surface area contributed by atoms with Crippen molar-refractivity contribution in [3.05, 3.63) is 0 Å². The van der Waals surface area contributed by atoms with Crippen molar-refractivity contribution in [2.45, 2.75) is 25.4 Å². The number of likely N-dealkylation sites (N-methyl/N-ethyl adjacent to an activating group) is 1. The number of piperazine rings is 1. The van der Waals surface area contributed by atoms with Crippen molar-refractivity contribution >= 4 is 0 Å². The molecule has 1 aliphatic rings. The van der Waals surface area contributed by atoms with Crippen LogP contribution in [0.25, 0.3) is 0 Å². The van der Waals surface area contributed by atoms with E-state index in [1.807, 2.05) is 7.05 Å². The SMILES string of the molecule is CNC(C)CC1CNCCN1C. The van der Waals surface area contributed by atoms with E-state index in [9.17, 15) is 0 Å². The second-order valence-electron chi connectivity index (χ2n) is 3.76. The Kier molecular flexibility index (Phi) is 3.98. The van der Waals surface area contributed by atoms with Crippen LogP contribution in [0.3, 0.4) is 0 Å². The fourth-order valence-corrected chi connectivity index (χ4v) is 1.65. The first kappa shape index (κ1) is 9.96. The third-order valence-electron chi connectivity index (χ3n) is 2.76. The summed E-state index contributed by atoms with van der Waals surface area (Å²) in [5.41, 5.74) is 0. The highest BCUT2D eigenvalue weighted by Crippen LogP contribution is 2.06. The van der Waals surface area contributed by atoms with Crippen LogP contribution in [0.4, 0.5) is 0 Å². The maximum absolute atomic E-state index is 3.43. The first-order chi connectivity index (χ1) is 5.74. The Morgan fingerprint density at radius 3 is 3.00 bits per heavy atom. The molecule has 0 spiro atoms. The van der Waals surface area contributed by atoms with Gasteiger partial charge in [0.15, 0.2) is 0 Å². The zero-order chi connectivity index (χ0) is 8.97. The van der Waals surface area contributed by atoms with Crippen molar-refractivity contribution in [1.29, 1.82) is 0 Å². The van der Waals surface area contributed by atoms with E-state index in [-0.39, 0.29) is 0 Å². The summed E-state index contributed by atoms with van der Waals surface area (Å²) in [6, 6.07) is 1.33. The molecule has 1 heterocycles. The molecule has 3 nitrogen and oxygen atoms in total. The Labute approximate surface area is 75.5 Å². The van der Waals surface area contributed by atoms with Crippen LogP contribution in [0.15, 0.2) is 0 Å². The fraction of sp³-hybridized carbons (Fsp3) is 1.00. The summed E-state index contributed by atoms with van der Waals surface area (Å²) < 4.78 is 0. The van der Waals surface area contributed by atoms with E-state index >= 15 is 0 Å². The molecule has 72 valence electrons. The number of nitrogens with zero attached hydrogens (tertiary/aromatic N) is 1. The maximum atomic E-state index is 3.43. The standard InChI is InChI=1S/C9H21N3/c1-8(10-2)6-9-7-11-4-5-12(9)3/h8-11H,4-7H2,1-3H3. The lowest BCUT2D eigenvalue weighted by Gasteiger charge is -2.34. The van der Waals surface area contributed by atoms with Crippen molar-refractivity contribution in [3.8, 4) is 0 Å². The van der Waals surface area contributed by atoms with E-state index < -0.39 is 0 Å². The van der Waals surface area contributed by atoms with Gasteiger partial charge in [-0.05, 0) is 27.4 Å². The molecule has 0 amide bonds. The van der Waals surface area contributed by atoms with Gasteiger partial charge in [0, 0.05) is 31.7 Å². The van der Waals surface area contributed by atoms with Gasteiger partial charge < -0.3 is 15.5 Å². The van der Waals surface area contributed by atoms with Crippen molar-refractivity contribution in [1.82, 2.24) is 15.5 Å². The molecule has 1 aliphatic heterocycles. The molecule has 0 bridgehead atoms. The molecule has 0 aliphatic carbocycles. The van der Waals surface area contributed by atoms with Gasteiger partial charge in [-0.1, -0.05) is 0 Å². The molecule has 0 radical (unpaired) electrons. The molecule has 2 atom stereocenters. The molecule has 1 rings (SSSR count). The van der Waals surface area contributed by atoms with Crippen LogP contribution in [0, 0.1) is 0 Å². The summed E-state index contributed by atoms with van der Waals surface area (Å²) in [7, 11) is 4.24. The van der Waals surface area contributed by atoms with Crippen LogP contribution in [-0.2, 0) is 0 Å². The van der Waals surface area contributed by atoms with E-state index in [4.69, 9.17) is 0 Å². The van der Waals surface area contributed by atoms with Crippen LogP contribution < -0.4 is 10.6 Å². The molecule has 2 unspecified atom stereocenters. The molecule has 3 heteroatoms. The van der Waals surface area contributed by atoms with Gasteiger partial charge in [0.1, 0.15) is 0 Å². The Bertz CT molecular complexity index is 127. The van der Waals surface area contributed by atoms with Gasteiger partial charge in [-0.15, -0.1) is 0 Å². The summed E-state index contributed by atoms with van der Waals surface area (Å²) in [5, 5.41) is 6.70. The molecule has 0 aromatic rings. The highest BCUT2D eigenvalue weighted by Gasteiger charge is 2.19. The van der Waals surface area contributed by atoms with Gasteiger partial charge in [-0.2, -0.15) is 0 Å². The molecule has 1 saturated heterocycles. The van der Waals surface area contributed by atoms with Gasteiger partial charge in [-0.3, -0.25) is 0 Å². The zero-order valence-corrected chi connectivity index (χ0v) is 8.43. The number of nitrogens with one attached hydrogen (secondary N) is 2. The van der Waals surface area contributed by atoms with Crippen LogP contribution in [-0.4, -0.2) is 50.7 Å². The quantitative estimate of drug-likeness (QED) is 0.620. The lowest BCUT2D eigenvalue weighted by Crippen LogP contribution is -2.51. The summed E-state index contributed by atoms with van der Waals surface area (Å²) in [6.07, 6.45) is 1.24. The second-order valence-corrected chi connectivity index (χ2v) is 3.76. The first-order valence-corrected chi connectivity index (χ1v) is 4.82. The lowest BCUT2D eigenvalue weighted by atomic mass is 10.1. The largest absolute Gasteiger partial charge is 0.317 e. The van der Waals surface area contributed by atoms with E-state index in [0.29, 0.717) is 12.1 Å². The van der Waals surface area contributed by atoms with E-state index in [1.165, 1.54) is 13.0 Å². The van der Waals surface area contributed by atoms with Gasteiger partial charge in [-0.25, -0.2) is 0 Å². The van der Waals surface area contributed by atoms with Crippen molar-refractivity contribution in [2.24, 2.45) is 0 Å². The number of hydrogen-bond acceptors (Lipinski definition) is 3. The summed E-state index contributed by atoms with van der Waals surface area (Å²) >= 11 is 0. The average molecular weight is 171 g/mol.